The minimum atomic E-state index is -2.87. The van der Waals surface area contributed by atoms with Gasteiger partial charge in [-0.05, 0) is 36.8 Å². The highest BCUT2D eigenvalue weighted by molar-refractivity contribution is 5.79. The first-order valence-electron chi connectivity index (χ1n) is 9.15. The Morgan fingerprint density at radius 1 is 1.17 bits per heavy atom. The Balaban J connectivity index is 1.67. The third kappa shape index (κ3) is 6.00. The molecular weight excluding hydrogens is 378 g/mol. The van der Waals surface area contributed by atoms with Crippen molar-refractivity contribution in [1.29, 1.82) is 0 Å². The molecule has 0 spiro atoms. The molecule has 29 heavy (non-hydrogen) atoms. The Labute approximate surface area is 167 Å². The maximum absolute atomic E-state index is 12.6. The number of aromatic nitrogens is 3. The van der Waals surface area contributed by atoms with Crippen LogP contribution in [0.15, 0.2) is 66.0 Å². The molecule has 0 aliphatic rings. The number of hydrogen-bond acceptors (Lipinski definition) is 4. The zero-order chi connectivity index (χ0) is 20.5. The van der Waals surface area contributed by atoms with Gasteiger partial charge in [-0.15, -0.1) is 0 Å². The average molecular weight is 400 g/mol. The largest absolute Gasteiger partial charge is 0.434 e. The highest BCUT2D eigenvalue weighted by atomic mass is 19.3. The fourth-order valence-corrected chi connectivity index (χ4v) is 2.64. The number of benzene rings is 1. The van der Waals surface area contributed by atoms with Crippen LogP contribution in [0, 0.1) is 0 Å². The van der Waals surface area contributed by atoms with Crippen LogP contribution < -0.4 is 15.4 Å². The van der Waals surface area contributed by atoms with Crippen LogP contribution in [-0.2, 0) is 13.1 Å². The van der Waals surface area contributed by atoms with E-state index < -0.39 is 6.61 Å². The van der Waals surface area contributed by atoms with E-state index in [1.807, 2.05) is 31.3 Å². The summed E-state index contributed by atoms with van der Waals surface area (Å²) in [5, 5.41) is 10.5. The number of rotatable bonds is 8. The van der Waals surface area contributed by atoms with Gasteiger partial charge in [0.25, 0.3) is 0 Å². The number of nitrogens with zero attached hydrogens (tertiary/aromatic N) is 4. The molecule has 7 nitrogen and oxygen atoms in total. The zero-order valence-corrected chi connectivity index (χ0v) is 15.9. The third-order valence-electron chi connectivity index (χ3n) is 3.95. The number of para-hydroxylation sites is 1. The zero-order valence-electron chi connectivity index (χ0n) is 15.9. The van der Waals surface area contributed by atoms with Gasteiger partial charge in [0.1, 0.15) is 5.75 Å². The van der Waals surface area contributed by atoms with E-state index in [0.717, 1.165) is 5.56 Å². The van der Waals surface area contributed by atoms with Crippen molar-refractivity contribution < 1.29 is 13.5 Å². The Hall–Kier alpha value is -3.49. The summed E-state index contributed by atoms with van der Waals surface area (Å²) in [5.74, 6) is 1.42. The lowest BCUT2D eigenvalue weighted by molar-refractivity contribution is -0.0504. The van der Waals surface area contributed by atoms with Gasteiger partial charge in [0, 0.05) is 37.2 Å². The second-order valence-electron chi connectivity index (χ2n) is 6.01. The van der Waals surface area contributed by atoms with E-state index in [-0.39, 0.29) is 5.75 Å². The van der Waals surface area contributed by atoms with Crippen LogP contribution in [-0.4, -0.2) is 33.9 Å². The normalized spacial score (nSPS) is 11.5. The van der Waals surface area contributed by atoms with Gasteiger partial charge in [-0.1, -0.05) is 18.2 Å². The Bertz CT molecular complexity index is 930. The molecule has 0 saturated carbocycles. The molecule has 0 amide bonds. The van der Waals surface area contributed by atoms with Crippen molar-refractivity contribution in [1.82, 2.24) is 25.4 Å². The summed E-state index contributed by atoms with van der Waals surface area (Å²) in [6.45, 7) is 0.461. The van der Waals surface area contributed by atoms with E-state index >= 15 is 0 Å². The molecule has 0 aliphatic carbocycles. The lowest BCUT2D eigenvalue weighted by atomic mass is 10.2. The molecule has 1 aromatic carbocycles. The average Bonchev–Trinajstić information content (AvgIpc) is 3.26. The van der Waals surface area contributed by atoms with Crippen molar-refractivity contribution >= 4 is 5.96 Å². The Morgan fingerprint density at radius 2 is 2.03 bits per heavy atom. The lowest BCUT2D eigenvalue weighted by Gasteiger charge is -2.14. The van der Waals surface area contributed by atoms with Gasteiger partial charge >= 0.3 is 6.61 Å². The molecule has 2 N–H and O–H groups in total. The van der Waals surface area contributed by atoms with E-state index in [9.17, 15) is 8.78 Å². The highest BCUT2D eigenvalue weighted by Gasteiger charge is 2.09. The van der Waals surface area contributed by atoms with Crippen molar-refractivity contribution in [2.75, 3.05) is 6.54 Å². The van der Waals surface area contributed by atoms with E-state index in [2.05, 4.69) is 30.4 Å². The SMILES string of the molecule is CCNC(=NCc1ccnc(-n2cccn2)c1)NCc1ccccc1OC(F)F. The first kappa shape index (κ1) is 20.2. The molecule has 0 unspecified atom stereocenters. The van der Waals surface area contributed by atoms with Crippen LogP contribution in [0.1, 0.15) is 18.1 Å². The number of aliphatic imine (C=N–C) groups is 1. The summed E-state index contributed by atoms with van der Waals surface area (Å²) in [5.41, 5.74) is 1.58. The molecule has 0 radical (unpaired) electrons. The summed E-state index contributed by atoms with van der Waals surface area (Å²) in [7, 11) is 0. The Kier molecular flexibility index (Phi) is 7.10. The summed E-state index contributed by atoms with van der Waals surface area (Å²) in [4.78, 5) is 8.86. The van der Waals surface area contributed by atoms with Gasteiger partial charge in [0.05, 0.1) is 6.54 Å². The first-order chi connectivity index (χ1) is 14.2. The molecule has 9 heteroatoms. The van der Waals surface area contributed by atoms with E-state index in [1.54, 1.807) is 35.3 Å². The van der Waals surface area contributed by atoms with Gasteiger partial charge in [-0.3, -0.25) is 0 Å². The molecule has 152 valence electrons. The number of guanidine groups is 1. The Morgan fingerprint density at radius 3 is 2.79 bits per heavy atom. The predicted octanol–water partition coefficient (Wildman–Crippen LogP) is 3.12. The van der Waals surface area contributed by atoms with E-state index in [0.29, 0.717) is 37.0 Å². The van der Waals surface area contributed by atoms with E-state index in [4.69, 9.17) is 0 Å². The fourth-order valence-electron chi connectivity index (χ4n) is 2.64. The smallest absolute Gasteiger partial charge is 0.387 e. The van der Waals surface area contributed by atoms with Gasteiger partial charge in [-0.2, -0.15) is 13.9 Å². The van der Waals surface area contributed by atoms with Crippen molar-refractivity contribution in [3.63, 3.8) is 0 Å². The number of pyridine rings is 1. The van der Waals surface area contributed by atoms with Crippen LogP contribution in [0.4, 0.5) is 8.78 Å². The quantitative estimate of drug-likeness (QED) is 0.449. The third-order valence-corrected chi connectivity index (χ3v) is 3.95. The number of nitrogens with one attached hydrogen (secondary N) is 2. The first-order valence-corrected chi connectivity index (χ1v) is 9.15. The van der Waals surface area contributed by atoms with Gasteiger partial charge in [-0.25, -0.2) is 14.7 Å². The molecule has 0 fully saturated rings. The number of halogens is 2. The van der Waals surface area contributed by atoms with Crippen LogP contribution in [0.5, 0.6) is 5.75 Å². The summed E-state index contributed by atoms with van der Waals surface area (Å²) < 4.78 is 31.4. The van der Waals surface area contributed by atoms with Crippen LogP contribution in [0.3, 0.4) is 0 Å². The monoisotopic (exact) mass is 400 g/mol. The number of alkyl halides is 2. The van der Waals surface area contributed by atoms with Crippen LogP contribution in [0.25, 0.3) is 5.82 Å². The summed E-state index contributed by atoms with van der Waals surface area (Å²) >= 11 is 0. The van der Waals surface area contributed by atoms with Gasteiger partial charge < -0.3 is 15.4 Å². The maximum Gasteiger partial charge on any atom is 0.387 e. The predicted molar refractivity (Wildman–Crippen MR) is 106 cm³/mol. The molecule has 0 saturated heterocycles. The van der Waals surface area contributed by atoms with E-state index in [1.165, 1.54) is 6.07 Å². The molecule has 0 aliphatic heterocycles. The molecule has 0 bridgehead atoms. The van der Waals surface area contributed by atoms with Crippen molar-refractivity contribution in [3.8, 4) is 11.6 Å². The molecule has 0 atom stereocenters. The molecule has 2 aromatic heterocycles. The van der Waals surface area contributed by atoms with Crippen molar-refractivity contribution in [2.24, 2.45) is 4.99 Å². The van der Waals surface area contributed by atoms with Gasteiger partial charge in [0.2, 0.25) is 0 Å². The van der Waals surface area contributed by atoms with Crippen LogP contribution >= 0.6 is 0 Å². The summed E-state index contributed by atoms with van der Waals surface area (Å²) in [6.07, 6.45) is 5.22. The second kappa shape index (κ2) is 10.2. The van der Waals surface area contributed by atoms with Crippen molar-refractivity contribution in [3.05, 3.63) is 72.2 Å². The minimum absolute atomic E-state index is 0.142. The van der Waals surface area contributed by atoms with Crippen LogP contribution in [0.2, 0.25) is 0 Å². The molecule has 2 heterocycles. The lowest BCUT2D eigenvalue weighted by Crippen LogP contribution is -2.36. The maximum atomic E-state index is 12.6. The molecular formula is C20H22F2N6O. The highest BCUT2D eigenvalue weighted by Crippen LogP contribution is 2.19. The topological polar surface area (TPSA) is 76.4 Å². The summed E-state index contributed by atoms with van der Waals surface area (Å²) in [6, 6.07) is 12.3. The van der Waals surface area contributed by atoms with Gasteiger partial charge in [0.15, 0.2) is 11.8 Å². The number of hydrogen-bond donors (Lipinski definition) is 2. The number of ether oxygens (including phenoxy) is 1. The van der Waals surface area contributed by atoms with Crippen molar-refractivity contribution in [2.45, 2.75) is 26.6 Å². The fraction of sp³-hybridized carbons (Fsp3) is 0.250. The standard InChI is InChI=1S/C20H22F2N6O/c1-2-23-20(26-14-16-6-3-4-7-17(16)29-19(21)22)25-13-15-8-10-24-18(12-15)28-11-5-9-27-28/h3-12,19H,2,13-14H2,1H3,(H2,23,25,26). The minimum Gasteiger partial charge on any atom is -0.434 e. The second-order valence-corrected chi connectivity index (χ2v) is 6.01. The molecule has 3 aromatic rings. The molecule has 3 rings (SSSR count).